The third-order valence-electron chi connectivity index (χ3n) is 2.67. The third-order valence-corrected chi connectivity index (χ3v) is 2.91. The van der Waals surface area contributed by atoms with Gasteiger partial charge in [-0.25, -0.2) is 0 Å². The van der Waals surface area contributed by atoms with Crippen LogP contribution in [0.4, 0.5) is 5.69 Å². The van der Waals surface area contributed by atoms with Crippen molar-refractivity contribution in [3.8, 4) is 17.5 Å². The number of nitrogens with two attached hydrogens (primary N) is 1. The van der Waals surface area contributed by atoms with Gasteiger partial charge in [-0.1, -0.05) is 24.6 Å². The van der Waals surface area contributed by atoms with E-state index in [0.29, 0.717) is 34.8 Å². The summed E-state index contributed by atoms with van der Waals surface area (Å²) in [5.74, 6) is 1.48. The molecule has 0 fully saturated rings. The average Bonchev–Trinajstić information content (AvgIpc) is 2.43. The van der Waals surface area contributed by atoms with Gasteiger partial charge in [-0.2, -0.15) is 4.98 Å². The Bertz CT molecular complexity index is 602. The van der Waals surface area contributed by atoms with Crippen LogP contribution in [0.25, 0.3) is 0 Å². The first kappa shape index (κ1) is 14.5. The molecule has 2 rings (SSSR count). The molecule has 0 saturated carbocycles. The van der Waals surface area contributed by atoms with Gasteiger partial charge >= 0.3 is 0 Å². The summed E-state index contributed by atoms with van der Waals surface area (Å²) in [5.41, 5.74) is 7.28. The predicted molar refractivity (Wildman–Crippen MR) is 80.7 cm³/mol. The van der Waals surface area contributed by atoms with Crippen LogP contribution >= 0.6 is 11.6 Å². The summed E-state index contributed by atoms with van der Waals surface area (Å²) in [6.45, 7) is 4.53. The molecule has 0 bridgehead atoms. The SMILES string of the molecule is CCCOc1nc(Oc2cc(Cl)ccc2C)ccc1N. The molecule has 1 aromatic carbocycles. The van der Waals surface area contributed by atoms with E-state index in [9.17, 15) is 0 Å². The van der Waals surface area contributed by atoms with E-state index < -0.39 is 0 Å². The van der Waals surface area contributed by atoms with Crippen molar-refractivity contribution in [1.29, 1.82) is 0 Å². The Morgan fingerprint density at radius 1 is 1.25 bits per heavy atom. The highest BCUT2D eigenvalue weighted by Gasteiger charge is 2.08. The molecule has 106 valence electrons. The normalized spacial score (nSPS) is 10.3. The molecule has 0 radical (unpaired) electrons. The highest BCUT2D eigenvalue weighted by molar-refractivity contribution is 6.30. The number of nitrogen functional groups attached to an aromatic ring is 1. The van der Waals surface area contributed by atoms with Crippen LogP contribution in [0.1, 0.15) is 18.9 Å². The van der Waals surface area contributed by atoms with E-state index >= 15 is 0 Å². The second-order valence-electron chi connectivity index (χ2n) is 4.40. The molecule has 0 unspecified atom stereocenters. The Balaban J connectivity index is 2.22. The molecule has 0 aliphatic carbocycles. The maximum atomic E-state index is 5.96. The fraction of sp³-hybridized carbons (Fsp3) is 0.267. The number of aromatic nitrogens is 1. The van der Waals surface area contributed by atoms with Crippen LogP contribution in [-0.2, 0) is 0 Å². The molecule has 0 saturated heterocycles. The first-order chi connectivity index (χ1) is 9.60. The molecule has 0 spiro atoms. The smallest absolute Gasteiger partial charge is 0.240 e. The summed E-state index contributed by atoms with van der Waals surface area (Å²) in [4.78, 5) is 4.26. The van der Waals surface area contributed by atoms with Gasteiger partial charge in [0, 0.05) is 11.1 Å². The summed E-state index contributed by atoms with van der Waals surface area (Å²) in [6, 6.07) is 8.88. The maximum Gasteiger partial charge on any atom is 0.240 e. The van der Waals surface area contributed by atoms with Crippen molar-refractivity contribution in [1.82, 2.24) is 4.98 Å². The van der Waals surface area contributed by atoms with Crippen LogP contribution in [0.15, 0.2) is 30.3 Å². The second kappa shape index (κ2) is 6.48. The van der Waals surface area contributed by atoms with Crippen molar-refractivity contribution < 1.29 is 9.47 Å². The van der Waals surface area contributed by atoms with Crippen molar-refractivity contribution in [3.63, 3.8) is 0 Å². The predicted octanol–water partition coefficient (Wildman–Crippen LogP) is 4.21. The van der Waals surface area contributed by atoms with E-state index in [4.69, 9.17) is 26.8 Å². The fourth-order valence-electron chi connectivity index (χ4n) is 1.60. The average molecular weight is 293 g/mol. The number of nitrogens with zero attached hydrogens (tertiary/aromatic N) is 1. The van der Waals surface area contributed by atoms with E-state index in [-0.39, 0.29) is 0 Å². The van der Waals surface area contributed by atoms with E-state index in [1.807, 2.05) is 26.0 Å². The molecule has 0 atom stereocenters. The molecule has 4 nitrogen and oxygen atoms in total. The van der Waals surface area contributed by atoms with Gasteiger partial charge in [-0.3, -0.25) is 0 Å². The lowest BCUT2D eigenvalue weighted by molar-refractivity contribution is 0.302. The zero-order valence-electron chi connectivity index (χ0n) is 11.5. The minimum atomic E-state index is 0.393. The van der Waals surface area contributed by atoms with E-state index in [0.717, 1.165) is 12.0 Å². The number of hydrogen-bond donors (Lipinski definition) is 1. The van der Waals surface area contributed by atoms with Crippen molar-refractivity contribution in [2.45, 2.75) is 20.3 Å². The summed E-state index contributed by atoms with van der Waals surface area (Å²) in [7, 11) is 0. The quantitative estimate of drug-likeness (QED) is 0.897. The standard InChI is InChI=1S/C15H17ClN2O2/c1-3-8-19-15-12(17)6-7-14(18-15)20-13-9-11(16)5-4-10(13)2/h4-7,9H,3,8,17H2,1-2H3. The highest BCUT2D eigenvalue weighted by atomic mass is 35.5. The molecule has 2 aromatic rings. The fourth-order valence-corrected chi connectivity index (χ4v) is 1.76. The first-order valence-corrected chi connectivity index (χ1v) is 6.81. The van der Waals surface area contributed by atoms with Gasteiger partial charge in [-0.15, -0.1) is 0 Å². The highest BCUT2D eigenvalue weighted by Crippen LogP contribution is 2.29. The lowest BCUT2D eigenvalue weighted by Crippen LogP contribution is -2.02. The van der Waals surface area contributed by atoms with Crippen LogP contribution in [-0.4, -0.2) is 11.6 Å². The molecule has 1 heterocycles. The Morgan fingerprint density at radius 3 is 2.80 bits per heavy atom. The van der Waals surface area contributed by atoms with Crippen LogP contribution in [0.2, 0.25) is 5.02 Å². The number of anilines is 1. The number of halogens is 1. The zero-order valence-corrected chi connectivity index (χ0v) is 12.3. The minimum absolute atomic E-state index is 0.393. The first-order valence-electron chi connectivity index (χ1n) is 6.43. The van der Waals surface area contributed by atoms with Gasteiger partial charge in [0.1, 0.15) is 5.75 Å². The Labute approximate surface area is 123 Å². The van der Waals surface area contributed by atoms with Crippen molar-refractivity contribution in [3.05, 3.63) is 40.9 Å². The Kier molecular flexibility index (Phi) is 4.69. The number of rotatable bonds is 5. The largest absolute Gasteiger partial charge is 0.476 e. The molecule has 1 aromatic heterocycles. The van der Waals surface area contributed by atoms with E-state index in [2.05, 4.69) is 4.98 Å². The van der Waals surface area contributed by atoms with Gasteiger partial charge in [0.15, 0.2) is 0 Å². The topological polar surface area (TPSA) is 57.4 Å². The molecular weight excluding hydrogens is 276 g/mol. The Morgan fingerprint density at radius 2 is 2.05 bits per heavy atom. The van der Waals surface area contributed by atoms with Crippen molar-refractivity contribution in [2.24, 2.45) is 0 Å². The van der Waals surface area contributed by atoms with Crippen LogP contribution in [0.3, 0.4) is 0 Å². The monoisotopic (exact) mass is 292 g/mol. The molecule has 20 heavy (non-hydrogen) atoms. The zero-order chi connectivity index (χ0) is 14.5. The van der Waals surface area contributed by atoms with E-state index in [1.165, 1.54) is 0 Å². The van der Waals surface area contributed by atoms with Gasteiger partial charge < -0.3 is 15.2 Å². The number of ether oxygens (including phenoxy) is 2. The molecule has 5 heteroatoms. The summed E-state index contributed by atoms with van der Waals surface area (Å²) >= 11 is 5.96. The van der Waals surface area contributed by atoms with Gasteiger partial charge in [0.25, 0.3) is 0 Å². The van der Waals surface area contributed by atoms with Gasteiger partial charge in [0.2, 0.25) is 11.8 Å². The van der Waals surface area contributed by atoms with E-state index in [1.54, 1.807) is 18.2 Å². The van der Waals surface area contributed by atoms with Gasteiger partial charge in [0.05, 0.1) is 12.3 Å². The molecule has 0 aliphatic rings. The van der Waals surface area contributed by atoms with Crippen molar-refractivity contribution >= 4 is 17.3 Å². The van der Waals surface area contributed by atoms with Crippen LogP contribution in [0, 0.1) is 6.92 Å². The summed E-state index contributed by atoms with van der Waals surface area (Å²) in [5, 5.41) is 0.614. The minimum Gasteiger partial charge on any atom is -0.476 e. The number of benzene rings is 1. The molecule has 0 aliphatic heterocycles. The maximum absolute atomic E-state index is 5.96. The lowest BCUT2D eigenvalue weighted by atomic mass is 10.2. The summed E-state index contributed by atoms with van der Waals surface area (Å²) < 4.78 is 11.2. The Hall–Kier alpha value is -1.94. The molecule has 0 amide bonds. The molecular formula is C15H17ClN2O2. The van der Waals surface area contributed by atoms with Crippen LogP contribution in [0.5, 0.6) is 17.5 Å². The van der Waals surface area contributed by atoms with Crippen molar-refractivity contribution in [2.75, 3.05) is 12.3 Å². The molecule has 2 N–H and O–H groups in total. The lowest BCUT2D eigenvalue weighted by Gasteiger charge is -2.11. The van der Waals surface area contributed by atoms with Gasteiger partial charge in [-0.05, 0) is 37.1 Å². The number of aryl methyl sites for hydroxylation is 1. The number of hydrogen-bond acceptors (Lipinski definition) is 4. The number of pyridine rings is 1. The third kappa shape index (κ3) is 3.54. The summed E-state index contributed by atoms with van der Waals surface area (Å²) in [6.07, 6.45) is 0.888. The van der Waals surface area contributed by atoms with Crippen LogP contribution < -0.4 is 15.2 Å². The second-order valence-corrected chi connectivity index (χ2v) is 4.84.